The highest BCUT2D eigenvalue weighted by Gasteiger charge is 2.27. The molecule has 150 valence electrons. The van der Waals surface area contributed by atoms with Crippen LogP contribution in [0.2, 0.25) is 0 Å². The van der Waals surface area contributed by atoms with Crippen LogP contribution >= 0.6 is 0 Å². The highest BCUT2D eigenvalue weighted by molar-refractivity contribution is 5.90. The summed E-state index contributed by atoms with van der Waals surface area (Å²) in [6.07, 6.45) is 0.799. The molecule has 1 aliphatic heterocycles. The third-order valence-corrected chi connectivity index (χ3v) is 5.01. The van der Waals surface area contributed by atoms with Gasteiger partial charge in [-0.3, -0.25) is 14.9 Å². The zero-order valence-electron chi connectivity index (χ0n) is 16.6. The van der Waals surface area contributed by atoms with Crippen molar-refractivity contribution in [2.24, 2.45) is 0 Å². The minimum absolute atomic E-state index is 0.0185. The maximum atomic E-state index is 13.6. The summed E-state index contributed by atoms with van der Waals surface area (Å²) in [6, 6.07) is 4.70. The molecule has 1 aromatic heterocycles. The van der Waals surface area contributed by atoms with Crippen LogP contribution in [0.1, 0.15) is 48.6 Å². The van der Waals surface area contributed by atoms with Crippen LogP contribution < -0.4 is 16.0 Å². The van der Waals surface area contributed by atoms with E-state index in [1.807, 2.05) is 20.8 Å². The van der Waals surface area contributed by atoms with Crippen LogP contribution in [0.15, 0.2) is 18.2 Å². The van der Waals surface area contributed by atoms with E-state index in [1.54, 1.807) is 23.7 Å². The molecule has 0 spiro atoms. The van der Waals surface area contributed by atoms with Gasteiger partial charge in [0, 0.05) is 30.3 Å². The minimum Gasteiger partial charge on any atom is -0.326 e. The summed E-state index contributed by atoms with van der Waals surface area (Å²) < 4.78 is 15.4. The van der Waals surface area contributed by atoms with Gasteiger partial charge in [-0.15, -0.1) is 0 Å². The molecule has 0 aliphatic carbocycles. The summed E-state index contributed by atoms with van der Waals surface area (Å²) in [5, 5.41) is 13.5. The average Bonchev–Trinajstić information content (AvgIpc) is 2.90. The van der Waals surface area contributed by atoms with E-state index in [9.17, 15) is 14.0 Å². The van der Waals surface area contributed by atoms with Gasteiger partial charge in [-0.05, 0) is 57.4 Å². The molecule has 0 bridgehead atoms. The van der Waals surface area contributed by atoms with Crippen molar-refractivity contribution in [3.8, 4) is 0 Å². The molecule has 0 radical (unpaired) electrons. The van der Waals surface area contributed by atoms with Crippen LogP contribution in [0.4, 0.5) is 10.1 Å². The molecule has 2 amide bonds. The predicted molar refractivity (Wildman–Crippen MR) is 104 cm³/mol. The van der Waals surface area contributed by atoms with Crippen molar-refractivity contribution >= 4 is 17.5 Å². The number of aromatic nitrogens is 2. The number of hydrogen-bond acceptors (Lipinski definition) is 4. The van der Waals surface area contributed by atoms with E-state index in [-0.39, 0.29) is 30.1 Å². The van der Waals surface area contributed by atoms with Gasteiger partial charge < -0.3 is 10.6 Å². The van der Waals surface area contributed by atoms with Crippen LogP contribution in [0, 0.1) is 26.6 Å². The van der Waals surface area contributed by atoms with Crippen molar-refractivity contribution in [1.29, 1.82) is 0 Å². The lowest BCUT2D eigenvalue weighted by Crippen LogP contribution is -2.52. The molecule has 2 atom stereocenters. The first kappa shape index (κ1) is 20.0. The van der Waals surface area contributed by atoms with Crippen molar-refractivity contribution in [2.45, 2.75) is 59.3 Å². The molecular weight excluding hydrogens is 361 g/mol. The van der Waals surface area contributed by atoms with Gasteiger partial charge in [-0.1, -0.05) is 6.07 Å². The number of anilines is 1. The molecule has 0 saturated carbocycles. The van der Waals surface area contributed by atoms with Crippen molar-refractivity contribution in [3.05, 3.63) is 46.5 Å². The maximum Gasteiger partial charge on any atom is 0.224 e. The van der Waals surface area contributed by atoms with Gasteiger partial charge in [0.15, 0.2) is 6.29 Å². The Morgan fingerprint density at radius 3 is 2.79 bits per heavy atom. The Balaban J connectivity index is 1.66. The predicted octanol–water partition coefficient (Wildman–Crippen LogP) is 2.47. The summed E-state index contributed by atoms with van der Waals surface area (Å²) >= 11 is 0. The van der Waals surface area contributed by atoms with Gasteiger partial charge in [0.05, 0.1) is 5.69 Å². The summed E-state index contributed by atoms with van der Waals surface area (Å²) in [4.78, 5) is 24.1. The normalized spacial score (nSPS) is 19.4. The number of carbonyl (C=O) groups excluding carboxylic acids is 2. The third kappa shape index (κ3) is 4.39. The summed E-state index contributed by atoms with van der Waals surface area (Å²) in [5.74, 6) is -0.551. The lowest BCUT2D eigenvalue weighted by Gasteiger charge is -2.30. The summed E-state index contributed by atoms with van der Waals surface area (Å²) in [6.45, 7) is 7.45. The standard InChI is InChI=1S/C20H26FN5O2/c1-11-5-6-15(10-17(11)21)23-18(27)8-7-16-13(3)25-26(14(16)4)20-22-12(2)9-19(28)24-20/h5-6,10,12,20,22H,7-9H2,1-4H3,(H,23,27)(H,24,28). The number of benzene rings is 1. The molecule has 8 heteroatoms. The van der Waals surface area contributed by atoms with Crippen LogP contribution in [-0.2, 0) is 16.0 Å². The smallest absolute Gasteiger partial charge is 0.224 e. The number of halogens is 1. The second-order valence-corrected chi connectivity index (χ2v) is 7.35. The Bertz CT molecular complexity index is 908. The number of hydrogen-bond donors (Lipinski definition) is 3. The molecule has 1 fully saturated rings. The van der Waals surface area contributed by atoms with Gasteiger partial charge in [0.2, 0.25) is 11.8 Å². The van der Waals surface area contributed by atoms with E-state index in [4.69, 9.17) is 0 Å². The molecular formula is C20H26FN5O2. The molecule has 2 aromatic rings. The lowest BCUT2D eigenvalue weighted by molar-refractivity contribution is -0.125. The van der Waals surface area contributed by atoms with Crippen LogP contribution in [0.5, 0.6) is 0 Å². The van der Waals surface area contributed by atoms with Crippen molar-refractivity contribution in [2.75, 3.05) is 5.32 Å². The molecule has 1 aromatic carbocycles. The molecule has 1 aliphatic rings. The Kier molecular flexibility index (Phi) is 5.79. The zero-order valence-corrected chi connectivity index (χ0v) is 16.6. The highest BCUT2D eigenvalue weighted by Crippen LogP contribution is 2.20. The van der Waals surface area contributed by atoms with Crippen LogP contribution in [0.25, 0.3) is 0 Å². The first-order valence-corrected chi connectivity index (χ1v) is 9.40. The van der Waals surface area contributed by atoms with E-state index in [2.05, 4.69) is 21.0 Å². The van der Waals surface area contributed by atoms with Crippen molar-refractivity contribution < 1.29 is 14.0 Å². The second-order valence-electron chi connectivity index (χ2n) is 7.35. The number of nitrogens with zero attached hydrogens (tertiary/aromatic N) is 2. The molecule has 28 heavy (non-hydrogen) atoms. The summed E-state index contributed by atoms with van der Waals surface area (Å²) in [7, 11) is 0. The average molecular weight is 387 g/mol. The number of nitrogens with one attached hydrogen (secondary N) is 3. The number of carbonyl (C=O) groups is 2. The molecule has 1 saturated heterocycles. The van der Waals surface area contributed by atoms with E-state index in [1.165, 1.54) is 6.07 Å². The van der Waals surface area contributed by atoms with Gasteiger partial charge >= 0.3 is 0 Å². The van der Waals surface area contributed by atoms with E-state index >= 15 is 0 Å². The third-order valence-electron chi connectivity index (χ3n) is 5.01. The fraction of sp³-hybridized carbons (Fsp3) is 0.450. The van der Waals surface area contributed by atoms with Crippen molar-refractivity contribution in [1.82, 2.24) is 20.4 Å². The van der Waals surface area contributed by atoms with Gasteiger partial charge in [0.1, 0.15) is 5.82 Å². The first-order valence-electron chi connectivity index (χ1n) is 9.40. The Labute approximate surface area is 163 Å². The molecule has 2 unspecified atom stereocenters. The van der Waals surface area contributed by atoms with Crippen LogP contribution in [-0.4, -0.2) is 27.6 Å². The Morgan fingerprint density at radius 2 is 2.11 bits per heavy atom. The van der Waals surface area contributed by atoms with Crippen LogP contribution in [0.3, 0.4) is 0 Å². The van der Waals surface area contributed by atoms with Gasteiger partial charge in [-0.25, -0.2) is 9.07 Å². The minimum atomic E-state index is -0.395. The molecule has 3 rings (SSSR count). The van der Waals surface area contributed by atoms with Gasteiger partial charge in [-0.2, -0.15) is 5.10 Å². The molecule has 3 N–H and O–H groups in total. The highest BCUT2D eigenvalue weighted by atomic mass is 19.1. The fourth-order valence-corrected chi connectivity index (χ4v) is 3.43. The van der Waals surface area contributed by atoms with Crippen molar-refractivity contribution in [3.63, 3.8) is 0 Å². The second kappa shape index (κ2) is 8.10. The Morgan fingerprint density at radius 1 is 1.36 bits per heavy atom. The largest absolute Gasteiger partial charge is 0.326 e. The Hall–Kier alpha value is -2.74. The fourth-order valence-electron chi connectivity index (χ4n) is 3.43. The lowest BCUT2D eigenvalue weighted by atomic mass is 10.1. The first-order chi connectivity index (χ1) is 13.2. The number of rotatable bonds is 5. The zero-order chi connectivity index (χ0) is 20.4. The SMILES string of the molecule is Cc1ccc(NC(=O)CCc2c(C)nn(C3NC(=O)CC(C)N3)c2C)cc1F. The van der Waals surface area contributed by atoms with E-state index < -0.39 is 6.29 Å². The number of aryl methyl sites for hydroxylation is 2. The maximum absolute atomic E-state index is 13.6. The van der Waals surface area contributed by atoms with Gasteiger partial charge in [0.25, 0.3) is 0 Å². The van der Waals surface area contributed by atoms with E-state index in [0.717, 1.165) is 17.0 Å². The molecule has 2 heterocycles. The quantitative estimate of drug-likeness (QED) is 0.735. The number of amides is 2. The topological polar surface area (TPSA) is 88.1 Å². The summed E-state index contributed by atoms with van der Waals surface area (Å²) in [5.41, 5.74) is 3.67. The van der Waals surface area contributed by atoms with E-state index in [0.29, 0.717) is 24.1 Å². The monoisotopic (exact) mass is 387 g/mol. The molecule has 7 nitrogen and oxygen atoms in total.